The van der Waals surface area contributed by atoms with E-state index < -0.39 is 0 Å². The Labute approximate surface area is 75.4 Å². The van der Waals surface area contributed by atoms with Crippen LogP contribution >= 0.6 is 0 Å². The molecule has 1 saturated heterocycles. The second-order valence-corrected chi connectivity index (χ2v) is 3.53. The molecule has 1 aliphatic rings. The van der Waals surface area contributed by atoms with Gasteiger partial charge in [0.05, 0.1) is 0 Å². The maximum Gasteiger partial charge on any atom is 0.0163 e. The van der Waals surface area contributed by atoms with Crippen LogP contribution in [0, 0.1) is 5.92 Å². The molecule has 2 heteroatoms. The van der Waals surface area contributed by atoms with Gasteiger partial charge in [-0.15, -0.1) is 0 Å². The lowest BCUT2D eigenvalue weighted by Gasteiger charge is -2.12. The molecule has 2 nitrogen and oxygen atoms in total. The van der Waals surface area contributed by atoms with E-state index >= 15 is 0 Å². The van der Waals surface area contributed by atoms with Gasteiger partial charge in [0.25, 0.3) is 0 Å². The summed E-state index contributed by atoms with van der Waals surface area (Å²) >= 11 is 0. The molecule has 12 heavy (non-hydrogen) atoms. The summed E-state index contributed by atoms with van der Waals surface area (Å²) < 4.78 is 0. The second-order valence-electron chi connectivity index (χ2n) is 3.53. The zero-order valence-corrected chi connectivity index (χ0v) is 8.00. The van der Waals surface area contributed by atoms with Crippen LogP contribution in [-0.2, 0) is 0 Å². The van der Waals surface area contributed by atoms with Crippen LogP contribution in [0.2, 0.25) is 0 Å². The highest BCUT2D eigenvalue weighted by molar-refractivity contribution is 4.88. The number of likely N-dealkylation sites (tertiary alicyclic amines) is 1. The van der Waals surface area contributed by atoms with E-state index in [0.717, 1.165) is 12.5 Å². The Balaban J connectivity index is 2.14. The molecule has 0 bridgehead atoms. The van der Waals surface area contributed by atoms with Crippen LogP contribution in [0.25, 0.3) is 0 Å². The fraction of sp³-hybridized carbons (Fsp3) is 0.800. The third kappa shape index (κ3) is 2.95. The van der Waals surface area contributed by atoms with Gasteiger partial charge >= 0.3 is 0 Å². The van der Waals surface area contributed by atoms with Crippen LogP contribution in [-0.4, -0.2) is 31.1 Å². The Hall–Kier alpha value is -0.340. The van der Waals surface area contributed by atoms with E-state index in [2.05, 4.69) is 17.9 Å². The van der Waals surface area contributed by atoms with Crippen molar-refractivity contribution in [3.63, 3.8) is 0 Å². The first-order valence-corrected chi connectivity index (χ1v) is 4.94. The minimum absolute atomic E-state index is 0.672. The van der Waals surface area contributed by atoms with Gasteiger partial charge in [-0.05, 0) is 18.9 Å². The average molecular weight is 168 g/mol. The molecule has 0 radical (unpaired) electrons. The van der Waals surface area contributed by atoms with Gasteiger partial charge in [-0.25, -0.2) is 0 Å². The van der Waals surface area contributed by atoms with Gasteiger partial charge < -0.3 is 5.73 Å². The highest BCUT2D eigenvalue weighted by Crippen LogP contribution is 2.18. The molecule has 2 N–H and O–H groups in total. The summed E-state index contributed by atoms with van der Waals surface area (Å²) in [7, 11) is 0. The van der Waals surface area contributed by atoms with Crippen molar-refractivity contribution in [1.82, 2.24) is 4.90 Å². The fourth-order valence-corrected chi connectivity index (χ4v) is 1.73. The molecule has 1 rings (SSSR count). The van der Waals surface area contributed by atoms with Gasteiger partial charge in [0.2, 0.25) is 0 Å². The summed E-state index contributed by atoms with van der Waals surface area (Å²) in [5, 5.41) is 0. The van der Waals surface area contributed by atoms with Gasteiger partial charge in [-0.3, -0.25) is 4.90 Å². The standard InChI is InChI=1S/C10H20N2/c1-2-10-5-8-12(9-10)7-4-3-6-11/h3-4,10H,2,5-9,11H2,1H3/b4-3+. The second kappa shape index (κ2) is 5.33. The van der Waals surface area contributed by atoms with Crippen LogP contribution in [0.3, 0.4) is 0 Å². The Kier molecular flexibility index (Phi) is 4.33. The third-order valence-electron chi connectivity index (χ3n) is 2.61. The molecule has 0 aliphatic carbocycles. The summed E-state index contributed by atoms with van der Waals surface area (Å²) in [6.07, 6.45) is 6.93. The number of hydrogen-bond acceptors (Lipinski definition) is 2. The maximum atomic E-state index is 5.36. The van der Waals surface area contributed by atoms with E-state index in [1.54, 1.807) is 0 Å². The van der Waals surface area contributed by atoms with Crippen molar-refractivity contribution >= 4 is 0 Å². The van der Waals surface area contributed by atoms with E-state index in [0.29, 0.717) is 6.54 Å². The normalized spacial score (nSPS) is 25.7. The summed E-state index contributed by atoms with van der Waals surface area (Å²) in [6.45, 7) is 6.60. The molecule has 0 spiro atoms. The average Bonchev–Trinajstić information content (AvgIpc) is 2.53. The Bertz CT molecular complexity index is 143. The molecule has 0 amide bonds. The zero-order valence-electron chi connectivity index (χ0n) is 8.00. The molecule has 0 aromatic rings. The number of hydrogen-bond donors (Lipinski definition) is 1. The molecule has 1 heterocycles. The zero-order chi connectivity index (χ0) is 8.81. The topological polar surface area (TPSA) is 29.3 Å². The van der Waals surface area contributed by atoms with Crippen LogP contribution < -0.4 is 5.73 Å². The number of rotatable bonds is 4. The third-order valence-corrected chi connectivity index (χ3v) is 2.61. The largest absolute Gasteiger partial charge is 0.327 e. The minimum Gasteiger partial charge on any atom is -0.327 e. The molecule has 1 aliphatic heterocycles. The lowest BCUT2D eigenvalue weighted by Crippen LogP contribution is -2.20. The summed E-state index contributed by atoms with van der Waals surface area (Å²) in [4.78, 5) is 2.50. The smallest absolute Gasteiger partial charge is 0.0163 e. The minimum atomic E-state index is 0.672. The molecule has 1 fully saturated rings. The van der Waals surface area contributed by atoms with Gasteiger partial charge in [0.1, 0.15) is 0 Å². The van der Waals surface area contributed by atoms with Crippen molar-refractivity contribution in [2.75, 3.05) is 26.2 Å². The van der Waals surface area contributed by atoms with Crippen molar-refractivity contribution in [3.8, 4) is 0 Å². The predicted octanol–water partition coefficient (Wildman–Crippen LogP) is 1.23. The predicted molar refractivity (Wildman–Crippen MR) is 53.0 cm³/mol. The van der Waals surface area contributed by atoms with Crippen molar-refractivity contribution in [2.24, 2.45) is 11.7 Å². The SMILES string of the molecule is CCC1CCN(C/C=C/CN)C1. The first-order valence-electron chi connectivity index (χ1n) is 4.94. The Morgan fingerprint density at radius 3 is 2.92 bits per heavy atom. The first-order chi connectivity index (χ1) is 5.86. The Morgan fingerprint density at radius 2 is 2.33 bits per heavy atom. The van der Waals surface area contributed by atoms with E-state index in [1.807, 2.05) is 6.08 Å². The van der Waals surface area contributed by atoms with E-state index in [-0.39, 0.29) is 0 Å². The number of nitrogens with two attached hydrogens (primary N) is 1. The molecule has 1 atom stereocenters. The molecule has 0 saturated carbocycles. The Morgan fingerprint density at radius 1 is 1.50 bits per heavy atom. The lowest BCUT2D eigenvalue weighted by atomic mass is 10.1. The molecular weight excluding hydrogens is 148 g/mol. The summed E-state index contributed by atoms with van der Waals surface area (Å²) in [5.41, 5.74) is 5.36. The van der Waals surface area contributed by atoms with Crippen LogP contribution in [0.1, 0.15) is 19.8 Å². The fourth-order valence-electron chi connectivity index (χ4n) is 1.73. The molecule has 0 aromatic heterocycles. The van der Waals surface area contributed by atoms with Crippen molar-refractivity contribution in [3.05, 3.63) is 12.2 Å². The van der Waals surface area contributed by atoms with Gasteiger partial charge in [-0.1, -0.05) is 25.5 Å². The van der Waals surface area contributed by atoms with Gasteiger partial charge in [0.15, 0.2) is 0 Å². The van der Waals surface area contributed by atoms with E-state index in [1.165, 1.54) is 25.9 Å². The highest BCUT2D eigenvalue weighted by Gasteiger charge is 2.18. The van der Waals surface area contributed by atoms with Crippen LogP contribution in [0.4, 0.5) is 0 Å². The molecular formula is C10H20N2. The van der Waals surface area contributed by atoms with E-state index in [4.69, 9.17) is 5.73 Å². The quantitative estimate of drug-likeness (QED) is 0.640. The van der Waals surface area contributed by atoms with Crippen LogP contribution in [0.15, 0.2) is 12.2 Å². The number of nitrogens with zero attached hydrogens (tertiary/aromatic N) is 1. The lowest BCUT2D eigenvalue weighted by molar-refractivity contribution is 0.356. The van der Waals surface area contributed by atoms with Crippen molar-refractivity contribution in [1.29, 1.82) is 0 Å². The summed E-state index contributed by atoms with van der Waals surface area (Å²) in [5.74, 6) is 0.941. The molecule has 0 aromatic carbocycles. The molecule has 70 valence electrons. The summed E-state index contributed by atoms with van der Waals surface area (Å²) in [6, 6.07) is 0. The monoisotopic (exact) mass is 168 g/mol. The highest BCUT2D eigenvalue weighted by atomic mass is 15.1. The maximum absolute atomic E-state index is 5.36. The molecule has 1 unspecified atom stereocenters. The van der Waals surface area contributed by atoms with E-state index in [9.17, 15) is 0 Å². The van der Waals surface area contributed by atoms with Gasteiger partial charge in [-0.2, -0.15) is 0 Å². The van der Waals surface area contributed by atoms with Crippen molar-refractivity contribution in [2.45, 2.75) is 19.8 Å². The first kappa shape index (κ1) is 9.75. The van der Waals surface area contributed by atoms with Crippen molar-refractivity contribution < 1.29 is 0 Å². The van der Waals surface area contributed by atoms with Crippen LogP contribution in [0.5, 0.6) is 0 Å². The van der Waals surface area contributed by atoms with Gasteiger partial charge in [0, 0.05) is 19.6 Å².